The van der Waals surface area contributed by atoms with Crippen LogP contribution in [-0.4, -0.2) is 26.9 Å². The topological polar surface area (TPSA) is 88.6 Å². The summed E-state index contributed by atoms with van der Waals surface area (Å²) in [7, 11) is 0. The normalized spacial score (nSPS) is 19.3. The van der Waals surface area contributed by atoms with Gasteiger partial charge in [0, 0.05) is 29.8 Å². The maximum absolute atomic E-state index is 12.8. The average Bonchev–Trinajstić information content (AvgIpc) is 3.27. The molecule has 1 aliphatic carbocycles. The number of non-ortho nitro benzene ring substituents is 1. The summed E-state index contributed by atoms with van der Waals surface area (Å²) in [6.07, 6.45) is 7.04. The van der Waals surface area contributed by atoms with E-state index in [-0.39, 0.29) is 17.6 Å². The van der Waals surface area contributed by atoms with Gasteiger partial charge in [0.15, 0.2) is 5.11 Å². The van der Waals surface area contributed by atoms with Crippen LogP contribution in [-0.2, 0) is 4.79 Å². The SMILES string of the molecule is O=C1/C(=C\c2ccc(-c3ccc([N+](=O)[O-])cc3)o2)NC(=S)N1C1CCCCC1. The van der Waals surface area contributed by atoms with E-state index >= 15 is 0 Å². The first-order valence-electron chi connectivity index (χ1n) is 9.24. The second kappa shape index (κ2) is 7.55. The summed E-state index contributed by atoms with van der Waals surface area (Å²) in [5.41, 5.74) is 1.15. The Morgan fingerprint density at radius 2 is 1.86 bits per heavy atom. The minimum atomic E-state index is -0.444. The largest absolute Gasteiger partial charge is 0.457 e. The second-order valence-corrected chi connectivity index (χ2v) is 7.35. The van der Waals surface area contributed by atoms with E-state index in [1.54, 1.807) is 35.2 Å². The lowest BCUT2D eigenvalue weighted by Crippen LogP contribution is -2.41. The van der Waals surface area contributed by atoms with Crippen LogP contribution in [0.25, 0.3) is 17.4 Å². The summed E-state index contributed by atoms with van der Waals surface area (Å²) in [5.74, 6) is 0.960. The van der Waals surface area contributed by atoms with Gasteiger partial charge in [-0.3, -0.25) is 19.8 Å². The Morgan fingerprint density at radius 1 is 1.14 bits per heavy atom. The number of carbonyl (C=O) groups excluding carboxylic acids is 1. The zero-order chi connectivity index (χ0) is 19.7. The van der Waals surface area contributed by atoms with Gasteiger partial charge in [0.25, 0.3) is 11.6 Å². The van der Waals surface area contributed by atoms with Gasteiger partial charge in [0.1, 0.15) is 17.2 Å². The average molecular weight is 397 g/mol. The van der Waals surface area contributed by atoms with Crippen molar-refractivity contribution in [3.63, 3.8) is 0 Å². The van der Waals surface area contributed by atoms with E-state index in [9.17, 15) is 14.9 Å². The van der Waals surface area contributed by atoms with E-state index in [4.69, 9.17) is 16.6 Å². The molecular formula is C20H19N3O4S. The minimum Gasteiger partial charge on any atom is -0.457 e. The first kappa shape index (κ1) is 18.4. The zero-order valence-electron chi connectivity index (χ0n) is 15.1. The molecule has 1 N–H and O–H groups in total. The van der Waals surface area contributed by atoms with Gasteiger partial charge in [0.2, 0.25) is 0 Å². The predicted molar refractivity (Wildman–Crippen MR) is 108 cm³/mol. The van der Waals surface area contributed by atoms with Crippen molar-refractivity contribution >= 4 is 35.0 Å². The van der Waals surface area contributed by atoms with Crippen molar-refractivity contribution in [3.8, 4) is 11.3 Å². The van der Waals surface area contributed by atoms with Crippen molar-refractivity contribution in [2.75, 3.05) is 0 Å². The molecule has 2 aliphatic rings. The van der Waals surface area contributed by atoms with E-state index in [0.29, 0.717) is 22.3 Å². The number of nitro groups is 1. The summed E-state index contributed by atoms with van der Waals surface area (Å²) < 4.78 is 5.80. The van der Waals surface area contributed by atoms with E-state index in [0.717, 1.165) is 31.2 Å². The highest BCUT2D eigenvalue weighted by molar-refractivity contribution is 7.80. The van der Waals surface area contributed by atoms with Gasteiger partial charge in [-0.25, -0.2) is 0 Å². The summed E-state index contributed by atoms with van der Waals surface area (Å²) in [4.78, 5) is 24.8. The van der Waals surface area contributed by atoms with E-state index in [2.05, 4.69) is 5.32 Å². The molecular weight excluding hydrogens is 378 g/mol. The molecule has 0 bridgehead atoms. The standard InChI is InChI=1S/C20H19N3O4S/c24-19-17(21-20(28)22(19)14-4-2-1-3-5-14)12-16-10-11-18(27-16)13-6-8-15(9-7-13)23(25)26/h6-12,14H,1-5H2,(H,21,28)/b17-12+. The van der Waals surface area contributed by atoms with Gasteiger partial charge in [-0.1, -0.05) is 19.3 Å². The molecule has 1 aromatic carbocycles. The first-order valence-corrected chi connectivity index (χ1v) is 9.64. The number of hydrogen-bond donors (Lipinski definition) is 1. The number of nitrogens with one attached hydrogen (secondary N) is 1. The van der Waals surface area contributed by atoms with Gasteiger partial charge >= 0.3 is 0 Å². The zero-order valence-corrected chi connectivity index (χ0v) is 15.9. The molecule has 2 fully saturated rings. The quantitative estimate of drug-likeness (QED) is 0.359. The van der Waals surface area contributed by atoms with Crippen LogP contribution < -0.4 is 5.32 Å². The summed E-state index contributed by atoms with van der Waals surface area (Å²) in [6, 6.07) is 9.81. The van der Waals surface area contributed by atoms with Gasteiger partial charge < -0.3 is 9.73 Å². The van der Waals surface area contributed by atoms with Crippen LogP contribution in [0.15, 0.2) is 46.5 Å². The molecule has 1 saturated heterocycles. The molecule has 0 unspecified atom stereocenters. The molecule has 1 amide bonds. The molecule has 1 aliphatic heterocycles. The molecule has 1 aromatic heterocycles. The first-order chi connectivity index (χ1) is 13.5. The number of benzene rings is 1. The number of rotatable bonds is 4. The number of hydrogen-bond acceptors (Lipinski definition) is 5. The van der Waals surface area contributed by atoms with Crippen molar-refractivity contribution in [2.24, 2.45) is 0 Å². The van der Waals surface area contributed by atoms with Crippen molar-refractivity contribution in [2.45, 2.75) is 38.1 Å². The Kier molecular flexibility index (Phi) is 4.95. The maximum atomic E-state index is 12.8. The lowest BCUT2D eigenvalue weighted by Gasteiger charge is -2.29. The third-order valence-corrected chi connectivity index (χ3v) is 5.42. The van der Waals surface area contributed by atoms with Crippen LogP contribution in [0.1, 0.15) is 37.9 Å². The van der Waals surface area contributed by atoms with E-state index < -0.39 is 4.92 Å². The molecule has 8 heteroatoms. The summed E-state index contributed by atoms with van der Waals surface area (Å²) in [6.45, 7) is 0. The van der Waals surface area contributed by atoms with Crippen LogP contribution in [0, 0.1) is 10.1 Å². The number of carbonyl (C=O) groups is 1. The lowest BCUT2D eigenvalue weighted by molar-refractivity contribution is -0.384. The Bertz CT molecular complexity index is 958. The van der Waals surface area contributed by atoms with Gasteiger partial charge in [-0.15, -0.1) is 0 Å². The van der Waals surface area contributed by atoms with Crippen LogP contribution in [0.4, 0.5) is 5.69 Å². The molecule has 0 spiro atoms. The Labute approximate surface area is 167 Å². The van der Waals surface area contributed by atoms with Gasteiger partial charge in [-0.05, 0) is 49.3 Å². The van der Waals surface area contributed by atoms with Crippen molar-refractivity contribution in [1.82, 2.24) is 10.2 Å². The van der Waals surface area contributed by atoms with Crippen LogP contribution in [0.3, 0.4) is 0 Å². The molecule has 1 saturated carbocycles. The lowest BCUT2D eigenvalue weighted by atomic mass is 9.94. The van der Waals surface area contributed by atoms with Crippen molar-refractivity contribution in [1.29, 1.82) is 0 Å². The van der Waals surface area contributed by atoms with Crippen LogP contribution in [0.5, 0.6) is 0 Å². The fraction of sp³-hybridized carbons (Fsp3) is 0.300. The number of nitro benzene ring substituents is 1. The number of furan rings is 1. The van der Waals surface area contributed by atoms with Crippen LogP contribution >= 0.6 is 12.2 Å². The van der Waals surface area contributed by atoms with E-state index in [1.807, 2.05) is 0 Å². The maximum Gasteiger partial charge on any atom is 0.276 e. The third-order valence-electron chi connectivity index (χ3n) is 5.13. The summed E-state index contributed by atoms with van der Waals surface area (Å²) in [5, 5.41) is 14.2. The number of amides is 1. The highest BCUT2D eigenvalue weighted by Gasteiger charge is 2.36. The molecule has 0 atom stereocenters. The van der Waals surface area contributed by atoms with Crippen molar-refractivity contribution < 1.29 is 14.1 Å². The molecule has 7 nitrogen and oxygen atoms in total. The second-order valence-electron chi connectivity index (χ2n) is 6.96. The fourth-order valence-electron chi connectivity index (χ4n) is 3.69. The Hall–Kier alpha value is -3.00. The molecule has 28 heavy (non-hydrogen) atoms. The Morgan fingerprint density at radius 3 is 2.54 bits per heavy atom. The highest BCUT2D eigenvalue weighted by atomic mass is 32.1. The smallest absolute Gasteiger partial charge is 0.276 e. The van der Waals surface area contributed by atoms with Crippen LogP contribution in [0.2, 0.25) is 0 Å². The number of thiocarbonyl (C=S) groups is 1. The summed E-state index contributed by atoms with van der Waals surface area (Å²) >= 11 is 5.37. The highest BCUT2D eigenvalue weighted by Crippen LogP contribution is 2.28. The molecule has 2 aromatic rings. The van der Waals surface area contributed by atoms with Crippen molar-refractivity contribution in [3.05, 3.63) is 58.0 Å². The Balaban J connectivity index is 1.52. The molecule has 4 rings (SSSR count). The van der Waals surface area contributed by atoms with Gasteiger partial charge in [-0.2, -0.15) is 0 Å². The minimum absolute atomic E-state index is 0.0229. The predicted octanol–water partition coefficient (Wildman–Crippen LogP) is 4.25. The third kappa shape index (κ3) is 3.55. The molecule has 0 radical (unpaired) electrons. The van der Waals surface area contributed by atoms with Gasteiger partial charge in [0.05, 0.1) is 4.92 Å². The number of nitrogens with zero attached hydrogens (tertiary/aromatic N) is 2. The van der Waals surface area contributed by atoms with E-state index in [1.165, 1.54) is 18.6 Å². The molecule has 144 valence electrons. The monoisotopic (exact) mass is 397 g/mol. The fourth-order valence-corrected chi connectivity index (χ4v) is 4.04. The molecule has 2 heterocycles.